The Morgan fingerprint density at radius 2 is 1.46 bits per heavy atom. The molecule has 0 aromatic heterocycles. The highest BCUT2D eigenvalue weighted by molar-refractivity contribution is 8.01. The lowest BCUT2D eigenvalue weighted by Gasteiger charge is -2.48. The summed E-state index contributed by atoms with van der Waals surface area (Å²) in [6.45, 7) is 15.4. The van der Waals surface area contributed by atoms with Crippen LogP contribution in [0.4, 0.5) is 9.59 Å². The van der Waals surface area contributed by atoms with Crippen molar-refractivity contribution >= 4 is 37.9 Å². The van der Waals surface area contributed by atoms with Gasteiger partial charge in [0, 0.05) is 23.4 Å². The van der Waals surface area contributed by atoms with E-state index in [9.17, 15) is 14.4 Å². The Morgan fingerprint density at radius 3 is 1.87 bits per heavy atom. The van der Waals surface area contributed by atoms with E-state index >= 15 is 0 Å². The van der Waals surface area contributed by atoms with Crippen molar-refractivity contribution in [3.8, 4) is 0 Å². The molecule has 7 nitrogen and oxygen atoms in total. The first-order valence-corrected chi connectivity index (χ1v) is 19.9. The molecule has 2 heterocycles. The van der Waals surface area contributed by atoms with Crippen molar-refractivity contribution in [3.05, 3.63) is 120 Å². The molecule has 5 rings (SSSR count). The maximum atomic E-state index is 13.9. The molecule has 2 saturated heterocycles. The first-order chi connectivity index (χ1) is 21.9. The molecule has 3 aromatic rings. The summed E-state index contributed by atoms with van der Waals surface area (Å²) in [6, 6.07) is 30.0. The fourth-order valence-electron chi connectivity index (χ4n) is 6.95. The van der Waals surface area contributed by atoms with Crippen LogP contribution in [0.5, 0.6) is 0 Å². The Morgan fingerprint density at radius 1 is 0.957 bits per heavy atom. The number of hydrogen-bond donors (Lipinski definition) is 2. The van der Waals surface area contributed by atoms with E-state index in [4.69, 9.17) is 4.74 Å². The van der Waals surface area contributed by atoms with Crippen LogP contribution in [0.2, 0.25) is 23.7 Å². The lowest BCUT2D eigenvalue weighted by molar-refractivity contribution is -0.120. The summed E-state index contributed by atoms with van der Waals surface area (Å²) in [5, 5.41) is 5.25. The van der Waals surface area contributed by atoms with Gasteiger partial charge >= 0.3 is 12.1 Å². The largest absolute Gasteiger partial charge is 0.445 e. The maximum Gasteiger partial charge on any atom is 0.410 e. The molecule has 4 unspecified atom stereocenters. The second kappa shape index (κ2) is 13.5. The Bertz CT molecular complexity index is 1450. The normalized spacial score (nSPS) is 21.0. The first-order valence-electron chi connectivity index (χ1n) is 15.9. The van der Waals surface area contributed by atoms with Crippen LogP contribution in [-0.4, -0.2) is 61.5 Å². The molecule has 0 bridgehead atoms. The van der Waals surface area contributed by atoms with E-state index in [1.54, 1.807) is 6.08 Å². The van der Waals surface area contributed by atoms with Crippen molar-refractivity contribution in [3.63, 3.8) is 0 Å². The molecule has 0 spiro atoms. The summed E-state index contributed by atoms with van der Waals surface area (Å²) >= 11 is 1.85. The summed E-state index contributed by atoms with van der Waals surface area (Å²) in [7, 11) is -2.39. The Hall–Kier alpha value is -3.82. The van der Waals surface area contributed by atoms with Crippen LogP contribution in [0.25, 0.3) is 0 Å². The molecule has 4 amide bonds. The van der Waals surface area contributed by atoms with Crippen molar-refractivity contribution in [1.82, 2.24) is 15.5 Å². The third-order valence-corrected chi connectivity index (χ3v) is 18.1. The molecule has 46 heavy (non-hydrogen) atoms. The van der Waals surface area contributed by atoms with Gasteiger partial charge in [0.1, 0.15) is 12.6 Å². The monoisotopic (exact) mass is 655 g/mol. The predicted molar refractivity (Wildman–Crippen MR) is 189 cm³/mol. The number of nitrogens with zero attached hydrogens (tertiary/aromatic N) is 1. The lowest BCUT2D eigenvalue weighted by Crippen LogP contribution is -2.58. The zero-order valence-electron chi connectivity index (χ0n) is 27.4. The number of likely N-dealkylation sites (tertiary alicyclic amines) is 1. The van der Waals surface area contributed by atoms with Crippen LogP contribution in [0, 0.1) is 0 Å². The van der Waals surface area contributed by atoms with Gasteiger partial charge in [0.05, 0.1) is 12.8 Å². The third-order valence-electron chi connectivity index (χ3n) is 10.1. The van der Waals surface area contributed by atoms with E-state index < -0.39 is 31.0 Å². The molecule has 242 valence electrons. The topological polar surface area (TPSA) is 87.7 Å². The van der Waals surface area contributed by atoms with Gasteiger partial charge < -0.3 is 15.0 Å². The van der Waals surface area contributed by atoms with E-state index in [1.807, 2.05) is 34.9 Å². The zero-order valence-corrected chi connectivity index (χ0v) is 29.2. The fraction of sp³-hybridized carbons (Fsp3) is 0.378. The second-order valence-electron chi connectivity index (χ2n) is 13.8. The van der Waals surface area contributed by atoms with Gasteiger partial charge in [-0.1, -0.05) is 138 Å². The number of imide groups is 1. The number of carbonyl (C=O) groups is 3. The molecule has 3 aromatic carbocycles. The van der Waals surface area contributed by atoms with E-state index in [-0.39, 0.29) is 34.4 Å². The number of carbonyl (C=O) groups excluding carboxylic acids is 3. The van der Waals surface area contributed by atoms with E-state index in [0.717, 1.165) is 16.7 Å². The summed E-state index contributed by atoms with van der Waals surface area (Å²) in [5.74, 6) is -0.331. The van der Waals surface area contributed by atoms with Crippen LogP contribution < -0.4 is 10.6 Å². The molecule has 0 aliphatic carbocycles. The summed E-state index contributed by atoms with van der Waals surface area (Å²) in [4.78, 5) is 41.5. The van der Waals surface area contributed by atoms with Gasteiger partial charge in [-0.25, -0.2) is 9.59 Å². The summed E-state index contributed by atoms with van der Waals surface area (Å²) < 4.78 is 5.11. The number of benzene rings is 3. The van der Waals surface area contributed by atoms with Crippen molar-refractivity contribution in [2.24, 2.45) is 0 Å². The van der Waals surface area contributed by atoms with Gasteiger partial charge in [-0.15, -0.1) is 11.8 Å². The van der Waals surface area contributed by atoms with E-state index in [0.29, 0.717) is 13.0 Å². The molecule has 0 radical (unpaired) electrons. The zero-order chi connectivity index (χ0) is 33.1. The number of rotatable bonds is 10. The average molecular weight is 656 g/mol. The van der Waals surface area contributed by atoms with Crippen LogP contribution in [0.1, 0.15) is 43.9 Å². The number of ether oxygens (including phenoxy) is 1. The van der Waals surface area contributed by atoms with Gasteiger partial charge in [-0.05, 0) is 28.1 Å². The number of thioether (sulfide) groups is 1. The number of nitrogens with one attached hydrogen (secondary N) is 2. The number of urea groups is 1. The van der Waals surface area contributed by atoms with Gasteiger partial charge in [0.2, 0.25) is 0 Å². The highest BCUT2D eigenvalue weighted by atomic mass is 32.2. The smallest absolute Gasteiger partial charge is 0.410 e. The predicted octanol–water partition coefficient (Wildman–Crippen LogP) is 7.56. The highest BCUT2D eigenvalue weighted by Crippen LogP contribution is 2.55. The molecule has 2 N–H and O–H groups in total. The summed E-state index contributed by atoms with van der Waals surface area (Å²) in [5.41, 5.74) is 3.17. The molecule has 2 fully saturated rings. The molecular formula is C37H45N3O4SSi. The van der Waals surface area contributed by atoms with Crippen LogP contribution in [0.3, 0.4) is 0 Å². The molecule has 9 heteroatoms. The van der Waals surface area contributed by atoms with E-state index in [1.165, 1.54) is 0 Å². The Balaban J connectivity index is 1.65. The minimum Gasteiger partial charge on any atom is -0.445 e. The van der Waals surface area contributed by atoms with Gasteiger partial charge in [0.15, 0.2) is 0 Å². The lowest BCUT2D eigenvalue weighted by atomic mass is 9.84. The molecule has 0 saturated carbocycles. The van der Waals surface area contributed by atoms with Crippen molar-refractivity contribution in [1.29, 1.82) is 0 Å². The van der Waals surface area contributed by atoms with E-state index in [2.05, 4.69) is 124 Å². The van der Waals surface area contributed by atoms with Crippen LogP contribution in [0.15, 0.2) is 104 Å². The fourth-order valence-corrected chi connectivity index (χ4v) is 12.1. The second-order valence-corrected chi connectivity index (χ2v) is 20.9. The molecule has 2 aliphatic heterocycles. The maximum absolute atomic E-state index is 13.9. The first kappa shape index (κ1) is 33.5. The van der Waals surface area contributed by atoms with Crippen LogP contribution >= 0.6 is 11.8 Å². The number of amides is 4. The average Bonchev–Trinajstić information content (AvgIpc) is 3.60. The van der Waals surface area contributed by atoms with Crippen molar-refractivity contribution < 1.29 is 19.1 Å². The van der Waals surface area contributed by atoms with Crippen LogP contribution in [-0.2, 0) is 14.3 Å². The van der Waals surface area contributed by atoms with Crippen molar-refractivity contribution in [2.75, 3.05) is 13.2 Å². The summed E-state index contributed by atoms with van der Waals surface area (Å²) in [6.07, 6.45) is 1.78. The van der Waals surface area contributed by atoms with Gasteiger partial charge in [-0.3, -0.25) is 10.1 Å². The Kier molecular flexibility index (Phi) is 9.84. The quantitative estimate of drug-likeness (QED) is 0.102. The SMILES string of the molecule is C=CCOC(=O)N1CC(SC(c2ccccc2)(c2ccccc2)c2ccccc2)CC1C(C1NC(=O)NC1=O)[Si](C)(C)C(C)(C)C. The number of hydrogen-bond acceptors (Lipinski definition) is 5. The Labute approximate surface area is 278 Å². The van der Waals surface area contributed by atoms with Gasteiger partial charge in [0.25, 0.3) is 5.91 Å². The highest BCUT2D eigenvalue weighted by Gasteiger charge is 2.57. The van der Waals surface area contributed by atoms with Crippen molar-refractivity contribution in [2.45, 2.75) is 72.9 Å². The molecular weight excluding hydrogens is 611 g/mol. The minimum atomic E-state index is -2.39. The standard InChI is InChI=1S/C37H45N3O4SSi/c1-7-23-44-35(43)40-25-29(24-30(40)32(46(5,6)36(2,3)4)31-33(41)39-34(42)38-31)45-37(26-17-11-8-12-18-26,27-19-13-9-14-20-27)28-21-15-10-16-22-28/h7-22,29-32H,1,23-25H2,2-6H3,(H2,38,39,41,42). The molecule has 2 aliphatic rings. The molecule has 4 atom stereocenters. The third kappa shape index (κ3) is 6.40. The minimum absolute atomic E-state index is 0.0191. The van der Waals surface area contributed by atoms with Gasteiger partial charge in [-0.2, -0.15) is 0 Å².